The summed E-state index contributed by atoms with van der Waals surface area (Å²) in [5, 5.41) is 2.66. The fraction of sp³-hybridized carbons (Fsp3) is 0.182. The van der Waals surface area contributed by atoms with E-state index in [0.717, 1.165) is 17.7 Å². The van der Waals surface area contributed by atoms with E-state index in [9.17, 15) is 18.0 Å². The topological polar surface area (TPSA) is 89.7 Å². The Morgan fingerprint density at radius 2 is 1.94 bits per heavy atom. The van der Waals surface area contributed by atoms with Gasteiger partial charge in [-0.2, -0.15) is 0 Å². The molecule has 1 amide bonds. The molecule has 1 aliphatic heterocycles. The number of halogens is 3. The molecule has 2 heterocycles. The average Bonchev–Trinajstić information content (AvgIpc) is 2.78. The molecule has 2 aromatic carbocycles. The summed E-state index contributed by atoms with van der Waals surface area (Å²) >= 11 is 0. The van der Waals surface area contributed by atoms with Crippen LogP contribution in [0.2, 0.25) is 0 Å². The monoisotopic (exact) mass is 444 g/mol. The first-order valence-electron chi connectivity index (χ1n) is 9.69. The zero-order chi connectivity index (χ0) is 22.7. The van der Waals surface area contributed by atoms with Crippen LogP contribution in [0, 0.1) is 0 Å². The molecule has 0 fully saturated rings. The van der Waals surface area contributed by atoms with Crippen molar-refractivity contribution in [1.82, 2.24) is 4.98 Å². The summed E-state index contributed by atoms with van der Waals surface area (Å²) in [7, 11) is 0. The van der Waals surface area contributed by atoms with Crippen LogP contribution >= 0.6 is 0 Å². The van der Waals surface area contributed by atoms with Gasteiger partial charge in [0.1, 0.15) is 18.2 Å². The maximum absolute atomic E-state index is 12.9. The summed E-state index contributed by atoms with van der Waals surface area (Å²) in [6.07, 6.45) is -3.08. The van der Waals surface area contributed by atoms with Crippen LogP contribution in [-0.2, 0) is 6.54 Å². The Balaban J connectivity index is 1.55. The zero-order valence-corrected chi connectivity index (χ0v) is 16.7. The first-order chi connectivity index (χ1) is 15.3. The number of ether oxygens (including phenoxy) is 2. The molecule has 0 radical (unpaired) electrons. The van der Waals surface area contributed by atoms with E-state index in [1.807, 2.05) is 23.1 Å². The fourth-order valence-electron chi connectivity index (χ4n) is 3.30. The summed E-state index contributed by atoms with van der Waals surface area (Å²) < 4.78 is 46.5. The predicted octanol–water partition coefficient (Wildman–Crippen LogP) is 4.22. The van der Waals surface area contributed by atoms with Gasteiger partial charge in [0.2, 0.25) is 0 Å². The van der Waals surface area contributed by atoms with Crippen molar-refractivity contribution in [3.05, 3.63) is 71.9 Å². The van der Waals surface area contributed by atoms with Crippen LogP contribution in [0.4, 0.5) is 30.4 Å². The summed E-state index contributed by atoms with van der Waals surface area (Å²) in [5.74, 6) is 0.266. The Hall–Kier alpha value is -3.79. The van der Waals surface area contributed by atoms with Gasteiger partial charge in [0.15, 0.2) is 5.75 Å². The highest BCUT2D eigenvalue weighted by Gasteiger charge is 2.31. The number of anilines is 3. The van der Waals surface area contributed by atoms with Crippen molar-refractivity contribution < 1.29 is 27.4 Å². The number of benzene rings is 2. The van der Waals surface area contributed by atoms with Crippen LogP contribution in [0.1, 0.15) is 15.9 Å². The van der Waals surface area contributed by atoms with E-state index in [-0.39, 0.29) is 5.75 Å². The van der Waals surface area contributed by atoms with Gasteiger partial charge in [-0.3, -0.25) is 4.79 Å². The SMILES string of the molecule is NCc1ccc(N2CCOc3c(C(=O)Nc4ccc(OC(F)(F)F)cc4)cccc32)nc1. The predicted molar refractivity (Wildman–Crippen MR) is 112 cm³/mol. The van der Waals surface area contributed by atoms with E-state index in [1.54, 1.807) is 18.3 Å². The van der Waals surface area contributed by atoms with Gasteiger partial charge in [-0.05, 0) is 48.0 Å². The molecular formula is C22H19F3N4O3. The Morgan fingerprint density at radius 3 is 2.59 bits per heavy atom. The van der Waals surface area contributed by atoms with Crippen molar-refractivity contribution in [3.63, 3.8) is 0 Å². The molecule has 0 saturated carbocycles. The molecule has 0 unspecified atom stereocenters. The molecule has 0 bridgehead atoms. The highest BCUT2D eigenvalue weighted by Crippen LogP contribution is 2.38. The number of hydrogen-bond donors (Lipinski definition) is 2. The minimum absolute atomic E-state index is 0.293. The first kappa shape index (κ1) is 21.4. The van der Waals surface area contributed by atoms with Crippen molar-refractivity contribution in [2.45, 2.75) is 12.9 Å². The number of aromatic nitrogens is 1. The summed E-state index contributed by atoms with van der Waals surface area (Å²) in [6.45, 7) is 1.29. The number of rotatable bonds is 5. The van der Waals surface area contributed by atoms with Gasteiger partial charge < -0.3 is 25.4 Å². The van der Waals surface area contributed by atoms with Gasteiger partial charge in [-0.25, -0.2) is 4.98 Å². The second-order valence-corrected chi connectivity index (χ2v) is 6.91. The van der Waals surface area contributed by atoms with Gasteiger partial charge in [0.05, 0.1) is 17.8 Å². The van der Waals surface area contributed by atoms with Crippen LogP contribution in [0.25, 0.3) is 0 Å². The lowest BCUT2D eigenvalue weighted by Crippen LogP contribution is -2.30. The smallest absolute Gasteiger partial charge is 0.489 e. The molecule has 0 saturated heterocycles. The van der Waals surface area contributed by atoms with Crippen LogP contribution in [0.3, 0.4) is 0 Å². The number of alkyl halides is 3. The molecule has 1 aliphatic rings. The number of nitrogens with two attached hydrogens (primary N) is 1. The maximum Gasteiger partial charge on any atom is 0.573 e. The Labute approximate surface area is 181 Å². The fourth-order valence-corrected chi connectivity index (χ4v) is 3.30. The molecular weight excluding hydrogens is 425 g/mol. The van der Waals surface area contributed by atoms with Gasteiger partial charge in [0, 0.05) is 18.4 Å². The zero-order valence-electron chi connectivity index (χ0n) is 16.7. The van der Waals surface area contributed by atoms with Crippen LogP contribution in [-0.4, -0.2) is 30.4 Å². The molecule has 3 N–H and O–H groups in total. The lowest BCUT2D eigenvalue weighted by atomic mass is 10.1. The van der Waals surface area contributed by atoms with E-state index >= 15 is 0 Å². The van der Waals surface area contributed by atoms with Crippen molar-refractivity contribution in [2.24, 2.45) is 5.73 Å². The van der Waals surface area contributed by atoms with E-state index in [0.29, 0.717) is 48.2 Å². The largest absolute Gasteiger partial charge is 0.573 e. The minimum atomic E-state index is -4.78. The molecule has 7 nitrogen and oxygen atoms in total. The summed E-state index contributed by atoms with van der Waals surface area (Å²) in [5.41, 5.74) is 7.83. The Kier molecular flexibility index (Phi) is 5.87. The van der Waals surface area contributed by atoms with Crippen LogP contribution in [0.5, 0.6) is 11.5 Å². The average molecular weight is 444 g/mol. The number of fused-ring (bicyclic) bond motifs is 1. The normalized spacial score (nSPS) is 13.2. The molecule has 4 rings (SSSR count). The van der Waals surface area contributed by atoms with Crippen molar-refractivity contribution >= 4 is 23.1 Å². The van der Waals surface area contributed by atoms with Crippen LogP contribution in [0.15, 0.2) is 60.8 Å². The Morgan fingerprint density at radius 1 is 1.16 bits per heavy atom. The Bertz CT molecular complexity index is 1100. The van der Waals surface area contributed by atoms with Gasteiger partial charge >= 0.3 is 6.36 Å². The molecule has 166 valence electrons. The number of carbonyl (C=O) groups is 1. The third-order valence-corrected chi connectivity index (χ3v) is 4.76. The number of carbonyl (C=O) groups excluding carboxylic acids is 1. The second kappa shape index (κ2) is 8.75. The van der Waals surface area contributed by atoms with E-state index in [2.05, 4.69) is 15.0 Å². The highest BCUT2D eigenvalue weighted by molar-refractivity contribution is 6.07. The van der Waals surface area contributed by atoms with E-state index in [1.165, 1.54) is 12.1 Å². The van der Waals surface area contributed by atoms with Crippen molar-refractivity contribution in [3.8, 4) is 11.5 Å². The molecule has 10 heteroatoms. The second-order valence-electron chi connectivity index (χ2n) is 6.91. The summed E-state index contributed by atoms with van der Waals surface area (Å²) in [4.78, 5) is 19.3. The third-order valence-electron chi connectivity index (χ3n) is 4.76. The van der Waals surface area contributed by atoms with Crippen LogP contribution < -0.4 is 25.4 Å². The number of para-hydroxylation sites is 1. The van der Waals surface area contributed by atoms with Gasteiger partial charge in [-0.1, -0.05) is 12.1 Å². The third kappa shape index (κ3) is 4.75. The molecule has 0 aliphatic carbocycles. The molecule has 3 aromatic rings. The lowest BCUT2D eigenvalue weighted by molar-refractivity contribution is -0.274. The number of nitrogens with one attached hydrogen (secondary N) is 1. The van der Waals surface area contributed by atoms with Gasteiger partial charge in [-0.15, -0.1) is 13.2 Å². The van der Waals surface area contributed by atoms with E-state index in [4.69, 9.17) is 10.5 Å². The standard InChI is InChI=1S/C22H19F3N4O3/c23-22(24,25)32-16-7-5-15(6-8-16)28-21(30)17-2-1-3-18-20(17)31-11-10-29(18)19-9-4-14(12-26)13-27-19/h1-9,13H,10-12,26H2,(H,28,30). The van der Waals surface area contributed by atoms with Crippen molar-refractivity contribution in [1.29, 1.82) is 0 Å². The van der Waals surface area contributed by atoms with Gasteiger partial charge in [0.25, 0.3) is 5.91 Å². The number of hydrogen-bond acceptors (Lipinski definition) is 6. The minimum Gasteiger partial charge on any atom is -0.489 e. The number of nitrogens with zero attached hydrogens (tertiary/aromatic N) is 2. The summed E-state index contributed by atoms with van der Waals surface area (Å²) in [6, 6.07) is 13.8. The highest BCUT2D eigenvalue weighted by atomic mass is 19.4. The number of pyridine rings is 1. The molecule has 32 heavy (non-hydrogen) atoms. The molecule has 1 aromatic heterocycles. The molecule has 0 spiro atoms. The lowest BCUT2D eigenvalue weighted by Gasteiger charge is -2.31. The number of amides is 1. The van der Waals surface area contributed by atoms with E-state index < -0.39 is 12.3 Å². The maximum atomic E-state index is 12.9. The molecule has 0 atom stereocenters. The van der Waals surface area contributed by atoms with Crippen molar-refractivity contribution in [2.75, 3.05) is 23.4 Å². The quantitative estimate of drug-likeness (QED) is 0.613. The first-order valence-corrected chi connectivity index (χ1v) is 9.69.